The Bertz CT molecular complexity index is 1360. The molecule has 0 saturated heterocycles. The zero-order chi connectivity index (χ0) is 19.1. The molecule has 5 rings (SSSR count). The summed E-state index contributed by atoms with van der Waals surface area (Å²) in [5, 5.41) is 13.6. The molecule has 5 nitrogen and oxygen atoms in total. The summed E-state index contributed by atoms with van der Waals surface area (Å²) in [7, 11) is 0. The number of aromatic hydroxyl groups is 1. The van der Waals surface area contributed by atoms with Crippen LogP contribution in [0.1, 0.15) is 17.0 Å². The standard InChI is InChI=1S/C22H16N2O3S/c25-21-13-28-22(26)24(21)12-15-6-8-19-18(10-15)23-20(27-19)11-14-5-7-16-3-1-2-4-17(16)9-14/h1-10,13,25H,11-12H2. The Labute approximate surface area is 164 Å². The molecule has 5 aromatic rings. The van der Waals surface area contributed by atoms with Crippen LogP contribution in [-0.4, -0.2) is 14.7 Å². The van der Waals surface area contributed by atoms with Crippen molar-refractivity contribution >= 4 is 33.2 Å². The smallest absolute Gasteiger partial charge is 0.310 e. The van der Waals surface area contributed by atoms with E-state index in [1.54, 1.807) is 0 Å². The molecule has 0 bridgehead atoms. The molecule has 0 fully saturated rings. The third-order valence-corrected chi connectivity index (χ3v) is 5.52. The van der Waals surface area contributed by atoms with Crippen molar-refractivity contribution in [1.29, 1.82) is 0 Å². The Balaban J connectivity index is 1.43. The van der Waals surface area contributed by atoms with Crippen LogP contribution < -0.4 is 4.87 Å². The maximum Gasteiger partial charge on any atom is 0.310 e. The molecule has 0 radical (unpaired) electrons. The van der Waals surface area contributed by atoms with Crippen molar-refractivity contribution in [2.24, 2.45) is 0 Å². The normalized spacial score (nSPS) is 11.4. The molecule has 0 amide bonds. The van der Waals surface area contributed by atoms with Crippen molar-refractivity contribution in [2.75, 3.05) is 0 Å². The molecule has 0 spiro atoms. The van der Waals surface area contributed by atoms with Gasteiger partial charge < -0.3 is 9.52 Å². The molecule has 2 aromatic heterocycles. The Morgan fingerprint density at radius 1 is 1.00 bits per heavy atom. The number of hydrogen-bond donors (Lipinski definition) is 1. The fourth-order valence-electron chi connectivity index (χ4n) is 3.37. The number of oxazole rings is 1. The summed E-state index contributed by atoms with van der Waals surface area (Å²) < 4.78 is 7.23. The first-order valence-electron chi connectivity index (χ1n) is 8.89. The van der Waals surface area contributed by atoms with E-state index in [0.29, 0.717) is 24.4 Å². The number of rotatable bonds is 4. The number of aromatic nitrogens is 2. The van der Waals surface area contributed by atoms with Crippen LogP contribution in [0.25, 0.3) is 21.9 Å². The van der Waals surface area contributed by atoms with Crippen molar-refractivity contribution in [3.8, 4) is 5.88 Å². The lowest BCUT2D eigenvalue weighted by Gasteiger charge is -2.02. The van der Waals surface area contributed by atoms with Gasteiger partial charge in [0.15, 0.2) is 11.5 Å². The maximum atomic E-state index is 11.8. The predicted octanol–water partition coefficient (Wildman–Crippen LogP) is 4.55. The van der Waals surface area contributed by atoms with Gasteiger partial charge in [-0.05, 0) is 34.0 Å². The van der Waals surface area contributed by atoms with Gasteiger partial charge >= 0.3 is 4.87 Å². The molecule has 3 aromatic carbocycles. The summed E-state index contributed by atoms with van der Waals surface area (Å²) in [5.41, 5.74) is 3.48. The molecule has 28 heavy (non-hydrogen) atoms. The molecule has 0 saturated carbocycles. The van der Waals surface area contributed by atoms with Crippen LogP contribution >= 0.6 is 11.3 Å². The van der Waals surface area contributed by atoms with Gasteiger partial charge in [0.25, 0.3) is 0 Å². The number of fused-ring (bicyclic) bond motifs is 2. The third-order valence-electron chi connectivity index (χ3n) is 4.77. The minimum atomic E-state index is -0.185. The van der Waals surface area contributed by atoms with Crippen molar-refractivity contribution in [3.63, 3.8) is 0 Å². The van der Waals surface area contributed by atoms with Crippen molar-refractivity contribution < 1.29 is 9.52 Å². The van der Waals surface area contributed by atoms with E-state index in [1.807, 2.05) is 30.3 Å². The summed E-state index contributed by atoms with van der Waals surface area (Å²) in [6, 6.07) is 20.2. The van der Waals surface area contributed by atoms with Crippen LogP contribution in [0.2, 0.25) is 0 Å². The molecule has 0 aliphatic carbocycles. The van der Waals surface area contributed by atoms with Crippen LogP contribution in [0.15, 0.2) is 75.3 Å². The molecule has 0 unspecified atom stereocenters. The van der Waals surface area contributed by atoms with Crippen molar-refractivity contribution in [3.05, 3.63) is 92.7 Å². The van der Waals surface area contributed by atoms with Gasteiger partial charge in [-0.3, -0.25) is 9.36 Å². The minimum Gasteiger partial charge on any atom is -0.494 e. The molecule has 0 aliphatic rings. The van der Waals surface area contributed by atoms with Gasteiger partial charge in [-0.25, -0.2) is 4.98 Å². The average Bonchev–Trinajstić information content (AvgIpc) is 3.25. The summed E-state index contributed by atoms with van der Waals surface area (Å²) in [6.45, 7) is 0.303. The highest BCUT2D eigenvalue weighted by atomic mass is 32.1. The maximum absolute atomic E-state index is 11.8. The molecule has 2 heterocycles. The van der Waals surface area contributed by atoms with Crippen LogP contribution in [0.4, 0.5) is 0 Å². The van der Waals surface area contributed by atoms with Gasteiger partial charge in [-0.1, -0.05) is 59.9 Å². The van der Waals surface area contributed by atoms with E-state index in [2.05, 4.69) is 35.3 Å². The highest BCUT2D eigenvalue weighted by molar-refractivity contribution is 7.07. The Morgan fingerprint density at radius 3 is 2.64 bits per heavy atom. The summed E-state index contributed by atoms with van der Waals surface area (Å²) >= 11 is 0.983. The number of nitrogens with zero attached hydrogens (tertiary/aromatic N) is 2. The second kappa shape index (κ2) is 6.65. The molecule has 138 valence electrons. The Morgan fingerprint density at radius 2 is 1.82 bits per heavy atom. The first kappa shape index (κ1) is 16.8. The Kier molecular flexibility index (Phi) is 3.98. The lowest BCUT2D eigenvalue weighted by Crippen LogP contribution is -2.13. The Hall–Kier alpha value is -3.38. The van der Waals surface area contributed by atoms with Gasteiger partial charge in [-0.2, -0.15) is 0 Å². The van der Waals surface area contributed by atoms with Gasteiger partial charge in [0, 0.05) is 6.42 Å². The second-order valence-corrected chi connectivity index (χ2v) is 7.53. The fourth-order valence-corrected chi connectivity index (χ4v) is 3.99. The highest BCUT2D eigenvalue weighted by Crippen LogP contribution is 2.22. The summed E-state index contributed by atoms with van der Waals surface area (Å²) in [6.07, 6.45) is 0.611. The zero-order valence-electron chi connectivity index (χ0n) is 14.8. The van der Waals surface area contributed by atoms with E-state index < -0.39 is 0 Å². The topological polar surface area (TPSA) is 68.3 Å². The zero-order valence-corrected chi connectivity index (χ0v) is 15.6. The monoisotopic (exact) mass is 388 g/mol. The van der Waals surface area contributed by atoms with E-state index in [4.69, 9.17) is 4.42 Å². The molecular formula is C22H16N2O3S. The molecule has 1 N–H and O–H groups in total. The quantitative estimate of drug-likeness (QED) is 0.490. The SMILES string of the molecule is O=c1scc(O)n1Cc1ccc2oc(Cc3ccc4ccccc4c3)nc2c1. The first-order valence-corrected chi connectivity index (χ1v) is 9.77. The summed E-state index contributed by atoms with van der Waals surface area (Å²) in [4.78, 5) is 16.2. The van der Waals surface area contributed by atoms with Crippen LogP contribution in [0, 0.1) is 0 Å². The average molecular weight is 388 g/mol. The lowest BCUT2D eigenvalue weighted by molar-refractivity contribution is 0.421. The van der Waals surface area contributed by atoms with E-state index in [0.717, 1.165) is 28.0 Å². The van der Waals surface area contributed by atoms with E-state index in [1.165, 1.54) is 20.7 Å². The molecule has 6 heteroatoms. The van der Waals surface area contributed by atoms with Gasteiger partial charge in [0.05, 0.1) is 11.9 Å². The van der Waals surface area contributed by atoms with Gasteiger partial charge in [0.1, 0.15) is 5.52 Å². The number of hydrogen-bond acceptors (Lipinski definition) is 5. The first-order chi connectivity index (χ1) is 13.7. The van der Waals surface area contributed by atoms with E-state index in [9.17, 15) is 9.90 Å². The fraction of sp³-hybridized carbons (Fsp3) is 0.0909. The highest BCUT2D eigenvalue weighted by Gasteiger charge is 2.10. The third kappa shape index (κ3) is 3.08. The predicted molar refractivity (Wildman–Crippen MR) is 110 cm³/mol. The molecular weight excluding hydrogens is 372 g/mol. The number of benzene rings is 3. The number of thiazole rings is 1. The minimum absolute atomic E-state index is 0.0211. The molecule has 0 atom stereocenters. The van der Waals surface area contributed by atoms with Crippen LogP contribution in [-0.2, 0) is 13.0 Å². The van der Waals surface area contributed by atoms with Crippen LogP contribution in [0.5, 0.6) is 5.88 Å². The van der Waals surface area contributed by atoms with Gasteiger partial charge in [0.2, 0.25) is 5.88 Å². The van der Waals surface area contributed by atoms with Crippen molar-refractivity contribution in [2.45, 2.75) is 13.0 Å². The van der Waals surface area contributed by atoms with Gasteiger partial charge in [-0.15, -0.1) is 0 Å². The van der Waals surface area contributed by atoms with Crippen LogP contribution in [0.3, 0.4) is 0 Å². The summed E-state index contributed by atoms with van der Waals surface area (Å²) in [5.74, 6) is 0.630. The largest absolute Gasteiger partial charge is 0.494 e. The van der Waals surface area contributed by atoms with Crippen molar-refractivity contribution in [1.82, 2.24) is 9.55 Å². The second-order valence-electron chi connectivity index (χ2n) is 6.71. The van der Waals surface area contributed by atoms with E-state index >= 15 is 0 Å². The molecule has 0 aliphatic heterocycles. The van der Waals surface area contributed by atoms with E-state index in [-0.39, 0.29) is 10.8 Å². The lowest BCUT2D eigenvalue weighted by atomic mass is 10.1.